The number of benzene rings is 1. The lowest BCUT2D eigenvalue weighted by atomic mass is 9.98. The fourth-order valence-electron chi connectivity index (χ4n) is 2.10. The van der Waals surface area contributed by atoms with Gasteiger partial charge in [-0.1, -0.05) is 6.42 Å². The van der Waals surface area contributed by atoms with Crippen LogP contribution >= 0.6 is 15.9 Å². The van der Waals surface area contributed by atoms with Crippen molar-refractivity contribution in [2.75, 3.05) is 5.73 Å². The van der Waals surface area contributed by atoms with Crippen LogP contribution in [0.4, 0.5) is 5.69 Å². The Hall–Kier alpha value is -1.03. The van der Waals surface area contributed by atoms with Gasteiger partial charge >= 0.3 is 5.97 Å². The smallest absolute Gasteiger partial charge is 0.339 e. The lowest BCUT2D eigenvalue weighted by molar-refractivity contribution is 0.0210. The minimum absolute atomic E-state index is 0.0737. The van der Waals surface area contributed by atoms with Crippen molar-refractivity contribution in [3.63, 3.8) is 0 Å². The van der Waals surface area contributed by atoms with Gasteiger partial charge in [0.1, 0.15) is 6.10 Å². The Labute approximate surface area is 109 Å². The average molecular weight is 298 g/mol. The van der Waals surface area contributed by atoms with Crippen molar-refractivity contribution in [2.45, 2.75) is 38.2 Å². The molecule has 1 aromatic carbocycles. The quantitative estimate of drug-likeness (QED) is 0.671. The second-order valence-electron chi connectivity index (χ2n) is 4.40. The molecular weight excluding hydrogens is 282 g/mol. The normalized spacial score (nSPS) is 16.8. The van der Waals surface area contributed by atoms with Crippen LogP contribution in [0.2, 0.25) is 0 Å². The first-order valence-corrected chi connectivity index (χ1v) is 6.72. The number of esters is 1. The van der Waals surface area contributed by atoms with E-state index in [2.05, 4.69) is 15.9 Å². The third-order valence-electron chi connectivity index (χ3n) is 3.04. The second-order valence-corrected chi connectivity index (χ2v) is 5.26. The minimum atomic E-state index is -0.281. The third kappa shape index (κ3) is 3.22. The molecule has 4 heteroatoms. The number of ether oxygens (including phenoxy) is 1. The van der Waals surface area contributed by atoms with Crippen LogP contribution in [0.1, 0.15) is 42.5 Å². The van der Waals surface area contributed by atoms with Crippen LogP contribution in [0.15, 0.2) is 22.7 Å². The number of carbonyl (C=O) groups excluding carboxylic acids is 1. The van der Waals surface area contributed by atoms with Gasteiger partial charge in [-0.25, -0.2) is 4.79 Å². The Morgan fingerprint density at radius 1 is 1.29 bits per heavy atom. The van der Waals surface area contributed by atoms with E-state index in [1.165, 1.54) is 6.42 Å². The number of nitrogens with two attached hydrogens (primary N) is 1. The van der Waals surface area contributed by atoms with Crippen LogP contribution < -0.4 is 5.73 Å². The highest BCUT2D eigenvalue weighted by atomic mass is 79.9. The predicted molar refractivity (Wildman–Crippen MR) is 70.8 cm³/mol. The summed E-state index contributed by atoms with van der Waals surface area (Å²) in [4.78, 5) is 12.0. The number of anilines is 1. The van der Waals surface area contributed by atoms with Crippen molar-refractivity contribution >= 4 is 27.6 Å². The summed E-state index contributed by atoms with van der Waals surface area (Å²) in [5.74, 6) is -0.281. The SMILES string of the molecule is Nc1ccc(Br)c(C(=O)OC2CCCCC2)c1. The molecule has 0 spiro atoms. The topological polar surface area (TPSA) is 52.3 Å². The summed E-state index contributed by atoms with van der Waals surface area (Å²) in [7, 11) is 0. The van der Waals surface area contributed by atoms with Crippen molar-refractivity contribution in [1.82, 2.24) is 0 Å². The van der Waals surface area contributed by atoms with E-state index in [1.807, 2.05) is 0 Å². The largest absolute Gasteiger partial charge is 0.459 e. The Bertz CT molecular complexity index is 414. The molecule has 1 aromatic rings. The Morgan fingerprint density at radius 3 is 2.71 bits per heavy atom. The van der Waals surface area contributed by atoms with E-state index in [-0.39, 0.29) is 12.1 Å². The molecule has 1 fully saturated rings. The summed E-state index contributed by atoms with van der Waals surface area (Å²) < 4.78 is 6.22. The summed E-state index contributed by atoms with van der Waals surface area (Å²) >= 11 is 3.34. The molecule has 0 atom stereocenters. The fourth-order valence-corrected chi connectivity index (χ4v) is 2.51. The van der Waals surface area contributed by atoms with Gasteiger partial charge in [-0.05, 0) is 59.8 Å². The summed E-state index contributed by atoms with van der Waals surface area (Å²) in [5, 5.41) is 0. The van der Waals surface area contributed by atoms with Gasteiger partial charge in [0.15, 0.2) is 0 Å². The lowest BCUT2D eigenvalue weighted by Crippen LogP contribution is -2.21. The zero-order valence-electron chi connectivity index (χ0n) is 9.62. The molecule has 0 aromatic heterocycles. The molecule has 0 radical (unpaired) electrons. The van der Waals surface area contributed by atoms with Crippen molar-refractivity contribution < 1.29 is 9.53 Å². The number of hydrogen-bond acceptors (Lipinski definition) is 3. The number of hydrogen-bond donors (Lipinski definition) is 1. The molecule has 0 bridgehead atoms. The zero-order valence-corrected chi connectivity index (χ0v) is 11.2. The van der Waals surface area contributed by atoms with Gasteiger partial charge in [-0.15, -0.1) is 0 Å². The minimum Gasteiger partial charge on any atom is -0.459 e. The van der Waals surface area contributed by atoms with Crippen molar-refractivity contribution in [3.8, 4) is 0 Å². The maximum atomic E-state index is 12.0. The molecule has 92 valence electrons. The van der Waals surface area contributed by atoms with Crippen LogP contribution in [0.25, 0.3) is 0 Å². The standard InChI is InChI=1S/C13H16BrNO2/c14-12-7-6-9(15)8-11(12)13(16)17-10-4-2-1-3-5-10/h6-8,10H,1-5,15H2. The highest BCUT2D eigenvalue weighted by Gasteiger charge is 2.20. The summed E-state index contributed by atoms with van der Waals surface area (Å²) in [6.07, 6.45) is 5.57. The summed E-state index contributed by atoms with van der Waals surface area (Å²) in [6, 6.07) is 5.17. The first-order chi connectivity index (χ1) is 8.16. The monoisotopic (exact) mass is 297 g/mol. The second kappa shape index (κ2) is 5.54. The molecule has 1 aliphatic rings. The predicted octanol–water partition coefficient (Wildman–Crippen LogP) is 3.52. The van der Waals surface area contributed by atoms with Crippen molar-refractivity contribution in [1.29, 1.82) is 0 Å². The number of nitrogen functional groups attached to an aromatic ring is 1. The Morgan fingerprint density at radius 2 is 2.00 bits per heavy atom. The Balaban J connectivity index is 2.05. The summed E-state index contributed by atoms with van der Waals surface area (Å²) in [6.45, 7) is 0. The first-order valence-electron chi connectivity index (χ1n) is 5.93. The van der Waals surface area contributed by atoms with Crippen molar-refractivity contribution in [2.24, 2.45) is 0 Å². The molecule has 1 saturated carbocycles. The van der Waals surface area contributed by atoms with E-state index >= 15 is 0 Å². The maximum absolute atomic E-state index is 12.0. The lowest BCUT2D eigenvalue weighted by Gasteiger charge is -2.22. The maximum Gasteiger partial charge on any atom is 0.339 e. The van der Waals surface area contributed by atoms with E-state index in [0.29, 0.717) is 11.3 Å². The van der Waals surface area contributed by atoms with Gasteiger partial charge in [-0.2, -0.15) is 0 Å². The van der Waals surface area contributed by atoms with Gasteiger partial charge < -0.3 is 10.5 Å². The number of rotatable bonds is 2. The molecule has 0 heterocycles. The van der Waals surface area contributed by atoms with Gasteiger partial charge in [0.05, 0.1) is 5.56 Å². The molecule has 2 rings (SSSR count). The van der Waals surface area contributed by atoms with Crippen LogP contribution in [0.5, 0.6) is 0 Å². The molecule has 0 amide bonds. The van der Waals surface area contributed by atoms with Gasteiger partial charge in [0.2, 0.25) is 0 Å². The fraction of sp³-hybridized carbons (Fsp3) is 0.462. The van der Waals surface area contributed by atoms with E-state index < -0.39 is 0 Å². The number of halogens is 1. The van der Waals surface area contributed by atoms with E-state index in [0.717, 1.165) is 30.2 Å². The van der Waals surface area contributed by atoms with E-state index in [4.69, 9.17) is 10.5 Å². The molecule has 0 unspecified atom stereocenters. The first kappa shape index (κ1) is 12.4. The van der Waals surface area contributed by atoms with Crippen molar-refractivity contribution in [3.05, 3.63) is 28.2 Å². The molecule has 17 heavy (non-hydrogen) atoms. The molecule has 0 aliphatic heterocycles. The third-order valence-corrected chi connectivity index (χ3v) is 3.73. The molecular formula is C13H16BrNO2. The van der Waals surface area contributed by atoms with Crippen LogP contribution in [0, 0.1) is 0 Å². The van der Waals surface area contributed by atoms with Crippen LogP contribution in [-0.2, 0) is 4.74 Å². The van der Waals surface area contributed by atoms with E-state index in [1.54, 1.807) is 18.2 Å². The number of carbonyl (C=O) groups is 1. The van der Waals surface area contributed by atoms with Gasteiger partial charge in [-0.3, -0.25) is 0 Å². The molecule has 3 nitrogen and oxygen atoms in total. The average Bonchev–Trinajstić information content (AvgIpc) is 2.33. The molecule has 2 N–H and O–H groups in total. The molecule has 0 saturated heterocycles. The highest BCUT2D eigenvalue weighted by Crippen LogP contribution is 2.24. The highest BCUT2D eigenvalue weighted by molar-refractivity contribution is 9.10. The zero-order chi connectivity index (χ0) is 12.3. The van der Waals surface area contributed by atoms with Crippen LogP contribution in [-0.4, -0.2) is 12.1 Å². The van der Waals surface area contributed by atoms with Gasteiger partial charge in [0.25, 0.3) is 0 Å². The Kier molecular flexibility index (Phi) is 4.05. The van der Waals surface area contributed by atoms with Crippen LogP contribution in [0.3, 0.4) is 0 Å². The molecule has 1 aliphatic carbocycles. The summed E-state index contributed by atoms with van der Waals surface area (Å²) in [5.41, 5.74) is 6.75. The van der Waals surface area contributed by atoms with Gasteiger partial charge in [0, 0.05) is 10.2 Å². The van der Waals surface area contributed by atoms with E-state index in [9.17, 15) is 4.79 Å².